The number of carbonyl (C=O) groups is 1. The molecule has 107 valence electrons. The predicted octanol–water partition coefficient (Wildman–Crippen LogP) is 1.57. The molecular weight excluding hydrogens is 254 g/mol. The van der Waals surface area contributed by atoms with Crippen LogP contribution in [0.2, 0.25) is 0 Å². The molecule has 0 saturated carbocycles. The highest BCUT2D eigenvalue weighted by molar-refractivity contribution is 5.99. The van der Waals surface area contributed by atoms with E-state index in [1.165, 1.54) is 0 Å². The van der Waals surface area contributed by atoms with E-state index in [2.05, 4.69) is 10.2 Å². The normalized spacial score (nSPS) is 26.4. The Morgan fingerprint density at radius 2 is 2.35 bits per heavy atom. The summed E-state index contributed by atoms with van der Waals surface area (Å²) in [6.45, 7) is 1.60. The van der Waals surface area contributed by atoms with Crippen LogP contribution in [0, 0.1) is 0 Å². The van der Waals surface area contributed by atoms with Gasteiger partial charge >= 0.3 is 0 Å². The molecule has 0 spiro atoms. The molecule has 5 heteroatoms. The maximum atomic E-state index is 12.4. The number of hydrogen-bond acceptors (Lipinski definition) is 3. The number of likely N-dealkylation sites (tertiary alicyclic amines) is 1. The van der Waals surface area contributed by atoms with E-state index in [1.807, 2.05) is 12.1 Å². The molecule has 1 unspecified atom stereocenters. The number of anilines is 1. The number of methoxy groups -OCH3 is 1. The van der Waals surface area contributed by atoms with E-state index in [0.717, 1.165) is 30.6 Å². The molecular formula is C15H20N3O2. The number of ether oxygens (including phenoxy) is 1. The van der Waals surface area contributed by atoms with E-state index in [0.29, 0.717) is 24.8 Å². The summed E-state index contributed by atoms with van der Waals surface area (Å²) in [5, 5.41) is 2.95. The van der Waals surface area contributed by atoms with Gasteiger partial charge in [0.2, 0.25) is 5.91 Å². The molecule has 2 aliphatic rings. The number of fused-ring (bicyclic) bond motifs is 1. The van der Waals surface area contributed by atoms with Gasteiger partial charge in [-0.25, -0.2) is 0 Å². The van der Waals surface area contributed by atoms with Crippen LogP contribution in [0.3, 0.4) is 0 Å². The van der Waals surface area contributed by atoms with Crippen LogP contribution >= 0.6 is 0 Å². The number of hydrogen-bond donors (Lipinski definition) is 1. The largest absolute Gasteiger partial charge is 0.383 e. The average molecular weight is 274 g/mol. The molecule has 1 aromatic rings. The van der Waals surface area contributed by atoms with Gasteiger partial charge in [0.05, 0.1) is 18.3 Å². The van der Waals surface area contributed by atoms with Crippen LogP contribution in [0.25, 0.3) is 0 Å². The summed E-state index contributed by atoms with van der Waals surface area (Å²) in [6, 6.07) is 5.61. The summed E-state index contributed by atoms with van der Waals surface area (Å²) in [5.74, 6) is 0.0473. The van der Waals surface area contributed by atoms with Crippen molar-refractivity contribution < 1.29 is 9.53 Å². The van der Waals surface area contributed by atoms with Gasteiger partial charge in [-0.2, -0.15) is 0 Å². The van der Waals surface area contributed by atoms with Gasteiger partial charge in [-0.05, 0) is 31.5 Å². The van der Waals surface area contributed by atoms with Crippen molar-refractivity contribution in [1.29, 1.82) is 0 Å². The number of rotatable bonds is 3. The summed E-state index contributed by atoms with van der Waals surface area (Å²) in [5.41, 5.74) is 10.3. The van der Waals surface area contributed by atoms with E-state index in [9.17, 15) is 4.79 Å². The van der Waals surface area contributed by atoms with Crippen molar-refractivity contribution in [2.75, 3.05) is 25.6 Å². The van der Waals surface area contributed by atoms with Gasteiger partial charge in [-0.3, -0.25) is 9.69 Å². The molecule has 2 aliphatic heterocycles. The van der Waals surface area contributed by atoms with Crippen molar-refractivity contribution in [1.82, 2.24) is 10.6 Å². The van der Waals surface area contributed by atoms with Crippen LogP contribution in [-0.2, 0) is 16.0 Å². The molecule has 0 aromatic heterocycles. The van der Waals surface area contributed by atoms with Gasteiger partial charge in [0, 0.05) is 30.8 Å². The molecule has 2 atom stereocenters. The fraction of sp³-hybridized carbons (Fsp3) is 0.533. The van der Waals surface area contributed by atoms with E-state index >= 15 is 0 Å². The van der Waals surface area contributed by atoms with Gasteiger partial charge < -0.3 is 15.8 Å². The van der Waals surface area contributed by atoms with Gasteiger partial charge in [0.15, 0.2) is 0 Å². The summed E-state index contributed by atoms with van der Waals surface area (Å²) in [4.78, 5) is 14.6. The Hall–Kier alpha value is -1.59. The first-order valence-electron chi connectivity index (χ1n) is 7.09. The summed E-state index contributed by atoms with van der Waals surface area (Å²) < 4.78 is 5.26. The van der Waals surface area contributed by atoms with Gasteiger partial charge in [0.25, 0.3) is 0 Å². The van der Waals surface area contributed by atoms with Crippen LogP contribution in [0.5, 0.6) is 0 Å². The fourth-order valence-corrected chi connectivity index (χ4v) is 3.33. The highest BCUT2D eigenvalue weighted by Gasteiger charge is 2.37. The second-order valence-electron chi connectivity index (χ2n) is 5.53. The molecule has 1 radical (unpaired) electrons. The monoisotopic (exact) mass is 274 g/mol. The van der Waals surface area contributed by atoms with Crippen LogP contribution in [0.4, 0.5) is 11.4 Å². The number of nitrogens with one attached hydrogen (secondary N) is 2. The van der Waals surface area contributed by atoms with Gasteiger partial charge in [-0.1, -0.05) is 6.07 Å². The minimum atomic E-state index is -0.170. The lowest BCUT2D eigenvalue weighted by Crippen LogP contribution is -2.50. The Balaban J connectivity index is 1.85. The van der Waals surface area contributed by atoms with Crippen molar-refractivity contribution in [2.45, 2.75) is 31.3 Å². The molecule has 3 rings (SSSR count). The molecule has 20 heavy (non-hydrogen) atoms. The first kappa shape index (κ1) is 13.4. The average Bonchev–Trinajstić information content (AvgIpc) is 2.87. The minimum absolute atomic E-state index is 0.0473. The number of benzene rings is 1. The zero-order valence-electron chi connectivity index (χ0n) is 11.7. The van der Waals surface area contributed by atoms with Crippen molar-refractivity contribution in [3.63, 3.8) is 0 Å². The quantitative estimate of drug-likeness (QED) is 0.910. The van der Waals surface area contributed by atoms with Crippen molar-refractivity contribution in [2.24, 2.45) is 0 Å². The third-order valence-electron chi connectivity index (χ3n) is 4.32. The lowest BCUT2D eigenvalue weighted by Gasteiger charge is -2.35. The molecule has 5 nitrogen and oxygen atoms in total. The summed E-state index contributed by atoms with van der Waals surface area (Å²) in [7, 11) is 1.70. The van der Waals surface area contributed by atoms with Crippen molar-refractivity contribution >= 4 is 17.3 Å². The Bertz CT molecular complexity index is 518. The van der Waals surface area contributed by atoms with Crippen LogP contribution in [-0.4, -0.2) is 43.2 Å². The molecule has 2 N–H and O–H groups in total. The van der Waals surface area contributed by atoms with Crippen molar-refractivity contribution in [3.8, 4) is 0 Å². The van der Waals surface area contributed by atoms with E-state index in [1.54, 1.807) is 13.2 Å². The number of nitrogens with zero attached hydrogens (tertiary/aromatic N) is 1. The third-order valence-corrected chi connectivity index (χ3v) is 4.32. The Morgan fingerprint density at radius 3 is 3.15 bits per heavy atom. The van der Waals surface area contributed by atoms with E-state index < -0.39 is 0 Å². The highest BCUT2D eigenvalue weighted by Crippen LogP contribution is 2.32. The molecule has 0 bridgehead atoms. The first-order valence-corrected chi connectivity index (χ1v) is 7.09. The maximum Gasteiger partial charge on any atom is 0.242 e. The predicted molar refractivity (Wildman–Crippen MR) is 76.9 cm³/mol. The smallest absolute Gasteiger partial charge is 0.242 e. The third kappa shape index (κ3) is 2.27. The van der Waals surface area contributed by atoms with Crippen LogP contribution in [0.15, 0.2) is 18.2 Å². The second kappa shape index (κ2) is 5.42. The minimum Gasteiger partial charge on any atom is -0.383 e. The Morgan fingerprint density at radius 1 is 1.50 bits per heavy atom. The molecule has 2 heterocycles. The number of amides is 1. The van der Waals surface area contributed by atoms with Gasteiger partial charge in [0.1, 0.15) is 0 Å². The van der Waals surface area contributed by atoms with Gasteiger partial charge in [-0.15, -0.1) is 0 Å². The fourth-order valence-electron chi connectivity index (χ4n) is 3.33. The Labute approximate surface area is 119 Å². The topological polar surface area (TPSA) is 65.4 Å². The van der Waals surface area contributed by atoms with E-state index in [-0.39, 0.29) is 11.9 Å². The molecule has 1 aromatic carbocycles. The molecule has 1 saturated heterocycles. The van der Waals surface area contributed by atoms with Crippen LogP contribution < -0.4 is 11.1 Å². The zero-order chi connectivity index (χ0) is 14.1. The Kier molecular flexibility index (Phi) is 3.63. The maximum absolute atomic E-state index is 12.4. The zero-order valence-corrected chi connectivity index (χ0v) is 11.7. The summed E-state index contributed by atoms with van der Waals surface area (Å²) in [6.07, 6.45) is 2.81. The lowest BCUT2D eigenvalue weighted by atomic mass is 9.96. The lowest BCUT2D eigenvalue weighted by molar-refractivity contribution is -0.122. The van der Waals surface area contributed by atoms with Crippen molar-refractivity contribution in [3.05, 3.63) is 23.8 Å². The molecule has 1 fully saturated rings. The van der Waals surface area contributed by atoms with E-state index in [4.69, 9.17) is 10.5 Å². The first-order chi connectivity index (χ1) is 9.70. The number of carbonyl (C=O) groups excluding carboxylic acids is 1. The second-order valence-corrected chi connectivity index (χ2v) is 5.53. The molecule has 0 aliphatic carbocycles. The van der Waals surface area contributed by atoms with Crippen LogP contribution in [0.1, 0.15) is 18.4 Å². The summed E-state index contributed by atoms with van der Waals surface area (Å²) >= 11 is 0. The highest BCUT2D eigenvalue weighted by atomic mass is 16.5. The standard InChI is InChI=1S/C15H20N3O2/c1-20-9-10-4-3-7-18(10)14-8-11-12(16)5-2-6-13(11)17-15(14)19/h2,5-6,10,14,16H,3-4,7-9H2,1H3,(H,17,19)/t10-,14?/m0/s1. The SMILES string of the molecule is COC[C@@H]1CCCN1C1Cc2c([NH])cccc2NC1=O. The molecule has 1 amide bonds.